The van der Waals surface area contributed by atoms with Crippen LogP contribution in [0.2, 0.25) is 0 Å². The van der Waals surface area contributed by atoms with Crippen LogP contribution in [0.1, 0.15) is 25.0 Å². The normalized spacial score (nSPS) is 13.0. The molecule has 1 aliphatic carbocycles. The third kappa shape index (κ3) is 4.74. The lowest BCUT2D eigenvalue weighted by molar-refractivity contribution is 0.658. The summed E-state index contributed by atoms with van der Waals surface area (Å²) < 4.78 is 2.36. The van der Waals surface area contributed by atoms with Gasteiger partial charge >= 0.3 is 0 Å². The van der Waals surface area contributed by atoms with E-state index in [4.69, 9.17) is 9.97 Å². The van der Waals surface area contributed by atoms with Gasteiger partial charge in [-0.3, -0.25) is 0 Å². The van der Waals surface area contributed by atoms with E-state index in [1.165, 1.54) is 60.9 Å². The molecule has 0 amide bonds. The van der Waals surface area contributed by atoms with Crippen LogP contribution in [0.15, 0.2) is 176 Å². The number of aromatic nitrogens is 3. The van der Waals surface area contributed by atoms with E-state index < -0.39 is 0 Å². The molecule has 52 heavy (non-hydrogen) atoms. The van der Waals surface area contributed by atoms with Crippen LogP contribution < -0.4 is 0 Å². The second-order valence-corrected chi connectivity index (χ2v) is 14.2. The van der Waals surface area contributed by atoms with Crippen LogP contribution in [-0.4, -0.2) is 14.5 Å². The molecule has 3 heteroatoms. The van der Waals surface area contributed by atoms with E-state index in [0.717, 1.165) is 33.9 Å². The van der Waals surface area contributed by atoms with Crippen molar-refractivity contribution in [1.82, 2.24) is 14.5 Å². The van der Waals surface area contributed by atoms with Crippen molar-refractivity contribution in [2.24, 2.45) is 0 Å². The number of para-hydroxylation sites is 2. The van der Waals surface area contributed by atoms with E-state index in [0.29, 0.717) is 0 Å². The first-order valence-corrected chi connectivity index (χ1v) is 17.9. The van der Waals surface area contributed by atoms with Crippen molar-refractivity contribution in [1.29, 1.82) is 0 Å². The summed E-state index contributed by atoms with van der Waals surface area (Å²) in [4.78, 5) is 10.7. The summed E-state index contributed by atoms with van der Waals surface area (Å²) in [6.45, 7) is 4.60. The van der Waals surface area contributed by atoms with Crippen molar-refractivity contribution < 1.29 is 0 Å². The van der Waals surface area contributed by atoms with Crippen molar-refractivity contribution in [3.8, 4) is 61.8 Å². The van der Waals surface area contributed by atoms with E-state index in [2.05, 4.69) is 194 Å². The Balaban J connectivity index is 1.10. The minimum Gasteiger partial charge on any atom is -0.309 e. The Kier molecular flexibility index (Phi) is 6.84. The number of nitrogens with zero attached hydrogens (tertiary/aromatic N) is 3. The van der Waals surface area contributed by atoms with Gasteiger partial charge in [-0.1, -0.05) is 153 Å². The van der Waals surface area contributed by atoms with Crippen molar-refractivity contribution in [2.45, 2.75) is 19.3 Å². The molecule has 0 saturated heterocycles. The maximum absolute atomic E-state index is 5.39. The van der Waals surface area contributed by atoms with Crippen molar-refractivity contribution in [2.75, 3.05) is 0 Å². The molecule has 3 nitrogen and oxygen atoms in total. The molecule has 2 heterocycles. The summed E-state index contributed by atoms with van der Waals surface area (Å²) in [5.74, 6) is 0.739. The topological polar surface area (TPSA) is 30.7 Å². The molecular weight excluding hydrogens is 631 g/mol. The van der Waals surface area contributed by atoms with Crippen molar-refractivity contribution in [3.05, 3.63) is 187 Å². The average molecular weight is 666 g/mol. The van der Waals surface area contributed by atoms with Crippen LogP contribution in [0.3, 0.4) is 0 Å². The van der Waals surface area contributed by atoms with Gasteiger partial charge in [-0.15, -0.1) is 0 Å². The summed E-state index contributed by atoms with van der Waals surface area (Å²) in [5.41, 5.74) is 15.8. The molecule has 0 aliphatic heterocycles. The first-order valence-electron chi connectivity index (χ1n) is 17.9. The number of rotatable bonds is 5. The summed E-state index contributed by atoms with van der Waals surface area (Å²) in [7, 11) is 0. The summed E-state index contributed by atoms with van der Waals surface area (Å²) >= 11 is 0. The van der Waals surface area contributed by atoms with Gasteiger partial charge in [0.05, 0.1) is 22.4 Å². The fourth-order valence-electron chi connectivity index (χ4n) is 8.25. The van der Waals surface area contributed by atoms with Crippen LogP contribution in [0, 0.1) is 0 Å². The Bertz CT molecular complexity index is 2790. The third-order valence-corrected chi connectivity index (χ3v) is 10.8. The monoisotopic (exact) mass is 665 g/mol. The molecule has 1 aliphatic rings. The minimum absolute atomic E-state index is 0.248. The molecule has 0 unspecified atom stereocenters. The molecule has 0 fully saturated rings. The van der Waals surface area contributed by atoms with E-state index in [1.54, 1.807) is 0 Å². The standard InChI is InChI=1S/C49H35N3/c1-49(2)42-22-11-9-21-40(42)47-45(49)46(50-48(51-47)37-17-13-16-35(30-37)32-14-5-3-6-15-32)34-26-24-33(25-27-34)36-28-29-44-41(31-36)39-20-10-12-23-43(39)52(44)38-18-7-4-8-19-38/h3-31H,1-2H3. The van der Waals surface area contributed by atoms with Crippen LogP contribution >= 0.6 is 0 Å². The highest BCUT2D eigenvalue weighted by Gasteiger charge is 2.40. The van der Waals surface area contributed by atoms with Crippen LogP contribution in [-0.2, 0) is 5.41 Å². The lowest BCUT2D eigenvalue weighted by Crippen LogP contribution is -2.17. The molecule has 0 spiro atoms. The molecule has 10 rings (SSSR count). The highest BCUT2D eigenvalue weighted by atomic mass is 15.0. The first kappa shape index (κ1) is 30.3. The van der Waals surface area contributed by atoms with E-state index in [9.17, 15) is 0 Å². The molecule has 0 radical (unpaired) electrons. The molecule has 7 aromatic carbocycles. The van der Waals surface area contributed by atoms with Gasteiger partial charge in [0, 0.05) is 44.1 Å². The highest BCUT2D eigenvalue weighted by molar-refractivity contribution is 6.10. The molecule has 9 aromatic rings. The highest BCUT2D eigenvalue weighted by Crippen LogP contribution is 2.51. The Labute approximate surface area is 303 Å². The van der Waals surface area contributed by atoms with Gasteiger partial charge in [-0.25, -0.2) is 9.97 Å². The third-order valence-electron chi connectivity index (χ3n) is 10.8. The molecule has 0 saturated carbocycles. The Hall–Kier alpha value is -6.58. The Morgan fingerprint density at radius 3 is 1.83 bits per heavy atom. The molecule has 2 aromatic heterocycles. The average Bonchev–Trinajstić information content (AvgIpc) is 3.66. The molecule has 0 N–H and O–H groups in total. The minimum atomic E-state index is -0.248. The van der Waals surface area contributed by atoms with Crippen LogP contribution in [0.5, 0.6) is 0 Å². The second-order valence-electron chi connectivity index (χ2n) is 14.2. The number of fused-ring (bicyclic) bond motifs is 6. The van der Waals surface area contributed by atoms with Gasteiger partial charge in [-0.05, 0) is 64.2 Å². The van der Waals surface area contributed by atoms with Crippen LogP contribution in [0.25, 0.3) is 83.6 Å². The van der Waals surface area contributed by atoms with Gasteiger partial charge in [0.1, 0.15) is 0 Å². The van der Waals surface area contributed by atoms with E-state index in [1.807, 2.05) is 0 Å². The maximum Gasteiger partial charge on any atom is 0.160 e. The Morgan fingerprint density at radius 2 is 1.00 bits per heavy atom. The molecular formula is C49H35N3. The van der Waals surface area contributed by atoms with Gasteiger partial charge in [0.25, 0.3) is 0 Å². The molecule has 0 atom stereocenters. The van der Waals surface area contributed by atoms with Gasteiger partial charge in [0.2, 0.25) is 0 Å². The smallest absolute Gasteiger partial charge is 0.160 e. The first-order chi connectivity index (χ1) is 25.5. The largest absolute Gasteiger partial charge is 0.309 e. The second kappa shape index (κ2) is 11.8. The predicted octanol–water partition coefficient (Wildman–Crippen LogP) is 12.5. The van der Waals surface area contributed by atoms with Crippen molar-refractivity contribution in [3.63, 3.8) is 0 Å². The lowest BCUT2D eigenvalue weighted by atomic mass is 9.80. The maximum atomic E-state index is 5.39. The predicted molar refractivity (Wildman–Crippen MR) is 216 cm³/mol. The quantitative estimate of drug-likeness (QED) is 0.183. The van der Waals surface area contributed by atoms with Crippen molar-refractivity contribution >= 4 is 21.8 Å². The fourth-order valence-corrected chi connectivity index (χ4v) is 8.25. The van der Waals surface area contributed by atoms with Gasteiger partial charge in [-0.2, -0.15) is 0 Å². The zero-order valence-corrected chi connectivity index (χ0v) is 29.1. The molecule has 246 valence electrons. The lowest BCUT2D eigenvalue weighted by Gasteiger charge is -2.24. The summed E-state index contributed by atoms with van der Waals surface area (Å²) in [5, 5.41) is 2.50. The summed E-state index contributed by atoms with van der Waals surface area (Å²) in [6.07, 6.45) is 0. The van der Waals surface area contributed by atoms with Crippen LogP contribution in [0.4, 0.5) is 0 Å². The number of hydrogen-bond acceptors (Lipinski definition) is 2. The number of benzene rings is 7. The number of hydrogen-bond donors (Lipinski definition) is 0. The Morgan fingerprint density at radius 1 is 0.423 bits per heavy atom. The van der Waals surface area contributed by atoms with Gasteiger partial charge in [0.15, 0.2) is 5.82 Å². The van der Waals surface area contributed by atoms with Gasteiger partial charge < -0.3 is 4.57 Å². The van der Waals surface area contributed by atoms with E-state index >= 15 is 0 Å². The zero-order valence-electron chi connectivity index (χ0n) is 29.1. The van der Waals surface area contributed by atoms with E-state index in [-0.39, 0.29) is 5.41 Å². The summed E-state index contributed by atoms with van der Waals surface area (Å²) in [6, 6.07) is 62.9. The SMILES string of the molecule is CC1(C)c2ccccc2-c2nc(-c3cccc(-c4ccccc4)c3)nc(-c3ccc(-c4ccc5c(c4)c4ccccc4n5-c4ccccc4)cc3)c21. The fraction of sp³-hybridized carbons (Fsp3) is 0.0612. The zero-order chi connectivity index (χ0) is 34.8. The molecule has 0 bridgehead atoms.